The first kappa shape index (κ1) is 9.78. The van der Waals surface area contributed by atoms with Crippen LogP contribution in [0.25, 0.3) is 0 Å². The lowest BCUT2D eigenvalue weighted by atomic mass is 10.2. The van der Waals surface area contributed by atoms with E-state index in [0.29, 0.717) is 12.5 Å². The number of oxime groups is 1. The molecule has 0 spiro atoms. The highest BCUT2D eigenvalue weighted by Gasteiger charge is 1.90. The lowest BCUT2D eigenvalue weighted by Crippen LogP contribution is -1.97. The zero-order chi connectivity index (χ0) is 9.52. The van der Waals surface area contributed by atoms with E-state index in [1.54, 1.807) is 6.21 Å². The van der Waals surface area contributed by atoms with Crippen molar-refractivity contribution in [3.63, 3.8) is 0 Å². The smallest absolute Gasteiger partial charge is 0.119 e. The summed E-state index contributed by atoms with van der Waals surface area (Å²) in [6, 6.07) is 10.6. The molecule has 0 unspecified atom stereocenters. The molecule has 1 aromatic rings. The van der Waals surface area contributed by atoms with E-state index < -0.39 is 0 Å². The first-order chi connectivity index (χ1) is 6.29. The van der Waals surface area contributed by atoms with Gasteiger partial charge in [0.2, 0.25) is 0 Å². The Morgan fingerprint density at radius 1 is 1.62 bits per heavy atom. The van der Waals surface area contributed by atoms with Crippen molar-refractivity contribution in [1.29, 1.82) is 0 Å². The van der Waals surface area contributed by atoms with Gasteiger partial charge < -0.3 is 4.84 Å². The highest BCUT2D eigenvalue weighted by Crippen LogP contribution is 1.95. The molecule has 0 aliphatic heterocycles. The predicted molar refractivity (Wildman–Crippen MR) is 53.7 cm³/mol. The molecule has 0 saturated carbocycles. The number of rotatable bonds is 4. The second-order valence-corrected chi connectivity index (χ2v) is 3.26. The molecule has 0 aliphatic rings. The third-order valence-electron chi connectivity index (χ3n) is 1.42. The third-order valence-corrected chi connectivity index (χ3v) is 1.42. The molecular weight excluding hydrogens is 162 g/mol. The highest BCUT2D eigenvalue weighted by atomic mass is 16.6. The van der Waals surface area contributed by atoms with Crippen molar-refractivity contribution in [2.75, 3.05) is 6.61 Å². The Hall–Kier alpha value is -1.31. The van der Waals surface area contributed by atoms with E-state index in [0.717, 1.165) is 5.56 Å². The third kappa shape index (κ3) is 4.31. The Morgan fingerprint density at radius 2 is 2.46 bits per heavy atom. The molecule has 0 bridgehead atoms. The zero-order valence-electron chi connectivity index (χ0n) is 8.03. The molecule has 0 heterocycles. The first-order valence-electron chi connectivity index (χ1n) is 4.40. The number of hydrogen-bond acceptors (Lipinski definition) is 2. The van der Waals surface area contributed by atoms with Crippen molar-refractivity contribution >= 4 is 6.21 Å². The van der Waals surface area contributed by atoms with Crippen LogP contribution in [0.15, 0.2) is 29.4 Å². The van der Waals surface area contributed by atoms with Gasteiger partial charge in [0, 0.05) is 0 Å². The van der Waals surface area contributed by atoms with Crippen LogP contribution in [0.2, 0.25) is 0 Å². The van der Waals surface area contributed by atoms with E-state index in [-0.39, 0.29) is 0 Å². The molecule has 69 valence electrons. The highest BCUT2D eigenvalue weighted by molar-refractivity contribution is 5.78. The molecule has 1 aromatic carbocycles. The minimum absolute atomic E-state index is 0.513. The molecule has 0 fully saturated rings. The number of nitrogens with zero attached hydrogens (tertiary/aromatic N) is 1. The summed E-state index contributed by atoms with van der Waals surface area (Å²) in [6.07, 6.45) is 1.69. The maximum atomic E-state index is 5.05. The van der Waals surface area contributed by atoms with Gasteiger partial charge in [-0.3, -0.25) is 0 Å². The van der Waals surface area contributed by atoms with Gasteiger partial charge in [-0.1, -0.05) is 37.2 Å². The maximum Gasteiger partial charge on any atom is 0.119 e. The van der Waals surface area contributed by atoms with Crippen LogP contribution in [0.3, 0.4) is 0 Å². The van der Waals surface area contributed by atoms with Crippen molar-refractivity contribution in [2.24, 2.45) is 11.1 Å². The van der Waals surface area contributed by atoms with Crippen LogP contribution in [0.1, 0.15) is 19.4 Å². The van der Waals surface area contributed by atoms with Crippen LogP contribution in [0.5, 0.6) is 0 Å². The molecule has 0 N–H and O–H groups in total. The fraction of sp³-hybridized carbons (Fsp3) is 0.364. The molecule has 0 saturated heterocycles. The van der Waals surface area contributed by atoms with Gasteiger partial charge >= 0.3 is 0 Å². The van der Waals surface area contributed by atoms with Crippen LogP contribution < -0.4 is 0 Å². The van der Waals surface area contributed by atoms with Gasteiger partial charge in [0.1, 0.15) is 6.61 Å². The minimum Gasteiger partial charge on any atom is -0.396 e. The Bertz CT molecular complexity index is 254. The van der Waals surface area contributed by atoms with E-state index in [2.05, 4.69) is 25.1 Å². The predicted octanol–water partition coefficient (Wildman–Crippen LogP) is 2.49. The lowest BCUT2D eigenvalue weighted by molar-refractivity contribution is 0.120. The monoisotopic (exact) mass is 176 g/mol. The van der Waals surface area contributed by atoms with Gasteiger partial charge in [-0.15, -0.1) is 0 Å². The second-order valence-electron chi connectivity index (χ2n) is 3.26. The van der Waals surface area contributed by atoms with Crippen molar-refractivity contribution in [3.8, 4) is 0 Å². The number of benzene rings is 1. The van der Waals surface area contributed by atoms with Crippen LogP contribution in [0, 0.1) is 12.0 Å². The van der Waals surface area contributed by atoms with Gasteiger partial charge in [-0.2, -0.15) is 0 Å². The lowest BCUT2D eigenvalue weighted by Gasteiger charge is -2.00. The number of hydrogen-bond donors (Lipinski definition) is 0. The molecule has 0 atom stereocenters. The van der Waals surface area contributed by atoms with Crippen molar-refractivity contribution in [1.82, 2.24) is 0 Å². The van der Waals surface area contributed by atoms with Crippen LogP contribution in [-0.4, -0.2) is 12.8 Å². The van der Waals surface area contributed by atoms with Gasteiger partial charge in [0.25, 0.3) is 0 Å². The van der Waals surface area contributed by atoms with Crippen molar-refractivity contribution in [3.05, 3.63) is 35.9 Å². The summed E-state index contributed by atoms with van der Waals surface area (Å²) < 4.78 is 0. The van der Waals surface area contributed by atoms with Gasteiger partial charge in [0.15, 0.2) is 0 Å². The zero-order valence-corrected chi connectivity index (χ0v) is 8.03. The Balaban J connectivity index is 2.33. The summed E-state index contributed by atoms with van der Waals surface area (Å²) in [4.78, 5) is 5.05. The Labute approximate surface area is 79.2 Å². The molecule has 0 aromatic heterocycles. The van der Waals surface area contributed by atoms with E-state index in [9.17, 15) is 0 Å². The summed E-state index contributed by atoms with van der Waals surface area (Å²) in [5.41, 5.74) is 1.01. The summed E-state index contributed by atoms with van der Waals surface area (Å²) in [5, 5.41) is 3.84. The molecule has 2 nitrogen and oxygen atoms in total. The molecule has 1 rings (SSSR count). The Morgan fingerprint density at radius 3 is 3.08 bits per heavy atom. The molecule has 0 amide bonds. The largest absolute Gasteiger partial charge is 0.396 e. The fourth-order valence-electron chi connectivity index (χ4n) is 0.778. The summed E-state index contributed by atoms with van der Waals surface area (Å²) in [7, 11) is 0. The molecule has 0 aliphatic carbocycles. The normalized spacial score (nSPS) is 11.0. The molecular formula is C11H14NO. The summed E-state index contributed by atoms with van der Waals surface area (Å²) >= 11 is 0. The molecule has 13 heavy (non-hydrogen) atoms. The minimum atomic E-state index is 0.513. The second kappa shape index (κ2) is 5.36. The first-order valence-corrected chi connectivity index (χ1v) is 4.40. The molecule has 1 radical (unpaired) electrons. The average Bonchev–Trinajstić information content (AvgIpc) is 2.14. The quantitative estimate of drug-likeness (QED) is 0.510. The fourth-order valence-corrected chi connectivity index (χ4v) is 0.778. The van der Waals surface area contributed by atoms with E-state index in [1.165, 1.54) is 0 Å². The van der Waals surface area contributed by atoms with Gasteiger partial charge in [-0.05, 0) is 23.6 Å². The average molecular weight is 176 g/mol. The Kier molecular flexibility index (Phi) is 4.03. The standard InChI is InChI=1S/C11H14NO/c1-10(2)9-13-12-8-11-6-4-3-5-7-11/h3-4,6-8,10H,9H2,1-2H3. The van der Waals surface area contributed by atoms with E-state index >= 15 is 0 Å². The van der Waals surface area contributed by atoms with Gasteiger partial charge in [0.05, 0.1) is 6.21 Å². The topological polar surface area (TPSA) is 21.6 Å². The summed E-state index contributed by atoms with van der Waals surface area (Å²) in [6.45, 7) is 4.84. The maximum absolute atomic E-state index is 5.05. The van der Waals surface area contributed by atoms with Crippen molar-refractivity contribution < 1.29 is 4.84 Å². The SMILES string of the molecule is CC(C)CON=Cc1c[c]ccc1. The van der Waals surface area contributed by atoms with Gasteiger partial charge in [-0.25, -0.2) is 0 Å². The van der Waals surface area contributed by atoms with E-state index in [4.69, 9.17) is 4.84 Å². The van der Waals surface area contributed by atoms with Crippen LogP contribution >= 0.6 is 0 Å². The van der Waals surface area contributed by atoms with E-state index in [1.807, 2.05) is 24.3 Å². The van der Waals surface area contributed by atoms with Crippen molar-refractivity contribution in [2.45, 2.75) is 13.8 Å². The summed E-state index contributed by atoms with van der Waals surface area (Å²) in [5.74, 6) is 0.513. The van der Waals surface area contributed by atoms with Crippen LogP contribution in [0.4, 0.5) is 0 Å². The van der Waals surface area contributed by atoms with Crippen LogP contribution in [-0.2, 0) is 4.84 Å². The molecule has 2 heteroatoms.